The average molecular weight is 360 g/mol. The fourth-order valence-corrected chi connectivity index (χ4v) is 4.83. The van der Waals surface area contributed by atoms with Crippen LogP contribution >= 0.6 is 11.3 Å². The zero-order valence-electron chi connectivity index (χ0n) is 14.7. The highest BCUT2D eigenvalue weighted by molar-refractivity contribution is 7.12. The number of nitrogens with zero attached hydrogens (tertiary/aromatic N) is 2. The molecular formula is C22H20N2OS. The van der Waals surface area contributed by atoms with E-state index in [1.54, 1.807) is 11.3 Å². The third-order valence-electron chi connectivity index (χ3n) is 4.89. The molecule has 4 heteroatoms. The molecular weight excluding hydrogens is 340 g/mol. The molecule has 0 fully saturated rings. The first-order chi connectivity index (χ1) is 12.7. The molecule has 1 amide bonds. The second-order valence-corrected chi connectivity index (χ2v) is 7.88. The summed E-state index contributed by atoms with van der Waals surface area (Å²) >= 11 is 1.78. The summed E-state index contributed by atoms with van der Waals surface area (Å²) in [6, 6.07) is 14.8. The van der Waals surface area contributed by atoms with Gasteiger partial charge in [-0.15, -0.1) is 11.3 Å². The molecule has 1 aliphatic heterocycles. The number of thiophene rings is 1. The zero-order valence-corrected chi connectivity index (χ0v) is 15.5. The van der Waals surface area contributed by atoms with E-state index in [1.165, 1.54) is 32.5 Å². The summed E-state index contributed by atoms with van der Waals surface area (Å²) in [5, 5.41) is 0. The Balaban J connectivity index is 1.84. The predicted octanol–water partition coefficient (Wildman–Crippen LogP) is 4.78. The van der Waals surface area contributed by atoms with Gasteiger partial charge in [0, 0.05) is 34.6 Å². The van der Waals surface area contributed by atoms with Crippen LogP contribution in [-0.2, 0) is 11.3 Å². The number of carbonyl (C=O) groups excluding carboxylic acids is 1. The first kappa shape index (κ1) is 16.7. The largest absolute Gasteiger partial charge is 0.333 e. The van der Waals surface area contributed by atoms with Gasteiger partial charge >= 0.3 is 0 Å². The van der Waals surface area contributed by atoms with Gasteiger partial charge in [0.1, 0.15) is 0 Å². The van der Waals surface area contributed by atoms with Gasteiger partial charge in [-0.25, -0.2) is 0 Å². The first-order valence-electron chi connectivity index (χ1n) is 8.67. The molecule has 0 radical (unpaired) electrons. The minimum atomic E-state index is -0.00639. The lowest BCUT2D eigenvalue weighted by atomic mass is 9.84. The number of benzene rings is 1. The summed E-state index contributed by atoms with van der Waals surface area (Å²) in [6.45, 7) is 7.15. The Labute approximate surface area is 157 Å². The standard InChI is InChI=1S/C22H20N2OS/c1-3-22(25)24-13-20(19-12-15(2)26-21(19)14-24)18-7-5-4-6-17(18)16-8-10-23-11-9-16/h3-12,20H,1,13-14H2,2H3/t20-/m1/s1. The van der Waals surface area contributed by atoms with E-state index in [0.29, 0.717) is 13.1 Å². The summed E-state index contributed by atoms with van der Waals surface area (Å²) in [5.74, 6) is 0.157. The van der Waals surface area contributed by atoms with Crippen molar-refractivity contribution in [3.63, 3.8) is 0 Å². The fourth-order valence-electron chi connectivity index (χ4n) is 3.72. The third kappa shape index (κ3) is 2.97. The van der Waals surface area contributed by atoms with Crippen LogP contribution in [0.4, 0.5) is 0 Å². The fraction of sp³-hybridized carbons (Fsp3) is 0.182. The van der Waals surface area contributed by atoms with Crippen molar-refractivity contribution >= 4 is 17.2 Å². The lowest BCUT2D eigenvalue weighted by molar-refractivity contribution is -0.127. The number of aryl methyl sites for hydroxylation is 1. The van der Waals surface area contributed by atoms with Crippen LogP contribution in [0.2, 0.25) is 0 Å². The van der Waals surface area contributed by atoms with E-state index in [1.807, 2.05) is 29.4 Å². The summed E-state index contributed by atoms with van der Waals surface area (Å²) in [4.78, 5) is 20.9. The highest BCUT2D eigenvalue weighted by atomic mass is 32.1. The number of carbonyl (C=O) groups is 1. The van der Waals surface area contributed by atoms with Crippen molar-refractivity contribution in [1.82, 2.24) is 9.88 Å². The van der Waals surface area contributed by atoms with E-state index in [9.17, 15) is 4.79 Å². The van der Waals surface area contributed by atoms with E-state index >= 15 is 0 Å². The quantitative estimate of drug-likeness (QED) is 0.630. The molecule has 26 heavy (non-hydrogen) atoms. The third-order valence-corrected chi connectivity index (χ3v) is 5.94. The SMILES string of the molecule is C=CC(=O)N1Cc2sc(C)cc2[C@@H](c2ccccc2-c2ccncc2)C1. The Bertz CT molecular complexity index is 961. The minimum Gasteiger partial charge on any atom is -0.333 e. The van der Waals surface area contributed by atoms with Gasteiger partial charge in [0.15, 0.2) is 0 Å². The Morgan fingerprint density at radius 1 is 1.23 bits per heavy atom. The molecule has 0 bridgehead atoms. The molecule has 1 aromatic carbocycles. The second kappa shape index (κ2) is 6.89. The molecule has 4 rings (SSSR count). The number of hydrogen-bond acceptors (Lipinski definition) is 3. The average Bonchev–Trinajstić information content (AvgIpc) is 3.07. The smallest absolute Gasteiger partial charge is 0.246 e. The lowest BCUT2D eigenvalue weighted by Crippen LogP contribution is -2.37. The monoisotopic (exact) mass is 360 g/mol. The van der Waals surface area contributed by atoms with Crippen LogP contribution < -0.4 is 0 Å². The maximum absolute atomic E-state index is 12.3. The molecule has 1 aliphatic rings. The number of rotatable bonds is 3. The van der Waals surface area contributed by atoms with Crippen molar-refractivity contribution in [2.75, 3.05) is 6.54 Å². The van der Waals surface area contributed by atoms with Crippen molar-refractivity contribution in [3.8, 4) is 11.1 Å². The maximum Gasteiger partial charge on any atom is 0.246 e. The van der Waals surface area contributed by atoms with Gasteiger partial charge in [-0.3, -0.25) is 9.78 Å². The Morgan fingerprint density at radius 3 is 2.77 bits per heavy atom. The number of aromatic nitrogens is 1. The molecule has 0 unspecified atom stereocenters. The number of pyridine rings is 1. The van der Waals surface area contributed by atoms with Crippen molar-refractivity contribution in [1.29, 1.82) is 0 Å². The molecule has 130 valence electrons. The molecule has 0 saturated carbocycles. The van der Waals surface area contributed by atoms with Gasteiger partial charge in [0.25, 0.3) is 0 Å². The van der Waals surface area contributed by atoms with Crippen LogP contribution in [0.1, 0.15) is 26.8 Å². The Kier molecular flexibility index (Phi) is 4.43. The second-order valence-electron chi connectivity index (χ2n) is 6.53. The number of amides is 1. The predicted molar refractivity (Wildman–Crippen MR) is 106 cm³/mol. The van der Waals surface area contributed by atoms with Gasteiger partial charge in [-0.1, -0.05) is 30.8 Å². The molecule has 0 spiro atoms. The summed E-state index contributed by atoms with van der Waals surface area (Å²) in [6.07, 6.45) is 5.05. The van der Waals surface area contributed by atoms with Crippen molar-refractivity contribution in [2.45, 2.75) is 19.4 Å². The van der Waals surface area contributed by atoms with E-state index in [4.69, 9.17) is 0 Å². The van der Waals surface area contributed by atoms with Crippen LogP contribution in [0.5, 0.6) is 0 Å². The highest BCUT2D eigenvalue weighted by Crippen LogP contribution is 2.41. The van der Waals surface area contributed by atoms with E-state index in [2.05, 4.69) is 48.8 Å². The minimum absolute atomic E-state index is 0.00639. The molecule has 0 N–H and O–H groups in total. The van der Waals surface area contributed by atoms with Crippen LogP contribution in [0.3, 0.4) is 0 Å². The van der Waals surface area contributed by atoms with Crippen molar-refractivity contribution < 1.29 is 4.79 Å². The van der Waals surface area contributed by atoms with Crippen LogP contribution in [0.25, 0.3) is 11.1 Å². The molecule has 0 saturated heterocycles. The molecule has 0 aliphatic carbocycles. The van der Waals surface area contributed by atoms with Gasteiger partial charge in [0.05, 0.1) is 6.54 Å². The molecule has 3 nitrogen and oxygen atoms in total. The first-order valence-corrected chi connectivity index (χ1v) is 9.49. The van der Waals surface area contributed by atoms with Gasteiger partial charge in [-0.2, -0.15) is 0 Å². The van der Waals surface area contributed by atoms with Crippen LogP contribution in [0, 0.1) is 6.92 Å². The Hall–Kier alpha value is -2.72. The zero-order chi connectivity index (χ0) is 18.1. The van der Waals surface area contributed by atoms with E-state index in [0.717, 1.165) is 5.56 Å². The van der Waals surface area contributed by atoms with Crippen LogP contribution in [-0.4, -0.2) is 22.3 Å². The topological polar surface area (TPSA) is 33.2 Å². The molecule has 1 atom stereocenters. The normalized spacial score (nSPS) is 16.2. The van der Waals surface area contributed by atoms with E-state index in [-0.39, 0.29) is 11.8 Å². The maximum atomic E-state index is 12.3. The Morgan fingerprint density at radius 2 is 2.00 bits per heavy atom. The molecule has 3 aromatic rings. The van der Waals surface area contributed by atoms with Crippen molar-refractivity contribution in [2.24, 2.45) is 0 Å². The molecule has 3 heterocycles. The summed E-state index contributed by atoms with van der Waals surface area (Å²) in [7, 11) is 0. The summed E-state index contributed by atoms with van der Waals surface area (Å²) < 4.78 is 0. The highest BCUT2D eigenvalue weighted by Gasteiger charge is 2.31. The summed E-state index contributed by atoms with van der Waals surface area (Å²) in [5.41, 5.74) is 4.94. The van der Waals surface area contributed by atoms with Gasteiger partial charge < -0.3 is 4.90 Å². The lowest BCUT2D eigenvalue weighted by Gasteiger charge is -2.33. The van der Waals surface area contributed by atoms with Gasteiger partial charge in [0.2, 0.25) is 5.91 Å². The van der Waals surface area contributed by atoms with Crippen molar-refractivity contribution in [3.05, 3.63) is 88.4 Å². The number of hydrogen-bond donors (Lipinski definition) is 0. The van der Waals surface area contributed by atoms with Crippen LogP contribution in [0.15, 0.2) is 67.5 Å². The van der Waals surface area contributed by atoms with E-state index < -0.39 is 0 Å². The number of fused-ring (bicyclic) bond motifs is 1. The van der Waals surface area contributed by atoms with Gasteiger partial charge in [-0.05, 0) is 53.5 Å². The molecule has 2 aromatic heterocycles.